The van der Waals surface area contributed by atoms with Crippen LogP contribution in [0.25, 0.3) is 0 Å². The summed E-state index contributed by atoms with van der Waals surface area (Å²) in [5.74, 6) is -2.04. The molecule has 0 radical (unpaired) electrons. The average Bonchev–Trinajstić information content (AvgIpc) is 2.28. The number of carbonyl (C=O) groups is 1. The van der Waals surface area contributed by atoms with Crippen LogP contribution in [0.5, 0.6) is 0 Å². The van der Waals surface area contributed by atoms with Crippen LogP contribution < -0.4 is 11.1 Å². The molecule has 0 unspecified atom stereocenters. The quantitative estimate of drug-likeness (QED) is 0.628. The number of carbonyl (C=O) groups excluding carboxylic acids is 1. The first kappa shape index (κ1) is 14.4. The summed E-state index contributed by atoms with van der Waals surface area (Å²) < 4.78 is 25.8. The first-order valence-electron chi connectivity index (χ1n) is 5.94. The van der Waals surface area contributed by atoms with Gasteiger partial charge in [-0.2, -0.15) is 0 Å². The Morgan fingerprint density at radius 1 is 1.33 bits per heavy atom. The number of rotatable bonds is 5. The van der Waals surface area contributed by atoms with Crippen molar-refractivity contribution >= 4 is 11.6 Å². The van der Waals surface area contributed by atoms with Crippen LogP contribution in [0.15, 0.2) is 12.1 Å². The maximum absolute atomic E-state index is 13.0. The lowest BCUT2D eigenvalue weighted by Gasteiger charge is -2.09. The van der Waals surface area contributed by atoms with Crippen molar-refractivity contribution in [1.29, 1.82) is 0 Å². The molecule has 0 fully saturated rings. The Bertz CT molecular complexity index is 433. The fraction of sp³-hybridized carbons (Fsp3) is 0.462. The molecule has 1 aromatic carbocycles. The molecule has 0 aliphatic heterocycles. The predicted octanol–water partition coefficient (Wildman–Crippen LogP) is 2.71. The molecule has 0 bridgehead atoms. The Hall–Kier alpha value is -1.65. The molecule has 1 amide bonds. The van der Waals surface area contributed by atoms with Crippen LogP contribution in [0.3, 0.4) is 0 Å². The van der Waals surface area contributed by atoms with Crippen LogP contribution in [-0.2, 0) is 0 Å². The monoisotopic (exact) mass is 256 g/mol. The first-order valence-corrected chi connectivity index (χ1v) is 5.94. The topological polar surface area (TPSA) is 55.1 Å². The lowest BCUT2D eigenvalue weighted by molar-refractivity contribution is 0.0953. The van der Waals surface area contributed by atoms with E-state index in [1.54, 1.807) is 0 Å². The molecule has 100 valence electrons. The van der Waals surface area contributed by atoms with Crippen molar-refractivity contribution in [2.24, 2.45) is 5.92 Å². The fourth-order valence-electron chi connectivity index (χ4n) is 1.57. The first-order chi connectivity index (χ1) is 8.41. The predicted molar refractivity (Wildman–Crippen MR) is 67.2 cm³/mol. The number of hydrogen-bond acceptors (Lipinski definition) is 2. The zero-order valence-electron chi connectivity index (χ0n) is 10.6. The molecule has 0 atom stereocenters. The van der Waals surface area contributed by atoms with E-state index in [1.807, 2.05) is 0 Å². The van der Waals surface area contributed by atoms with E-state index < -0.39 is 17.5 Å². The van der Waals surface area contributed by atoms with Crippen LogP contribution >= 0.6 is 0 Å². The van der Waals surface area contributed by atoms with Gasteiger partial charge < -0.3 is 11.1 Å². The van der Waals surface area contributed by atoms with E-state index in [0.717, 1.165) is 25.0 Å². The van der Waals surface area contributed by atoms with Crippen molar-refractivity contribution in [1.82, 2.24) is 5.32 Å². The van der Waals surface area contributed by atoms with Crippen molar-refractivity contribution in [2.75, 3.05) is 12.3 Å². The third kappa shape index (κ3) is 3.98. The van der Waals surface area contributed by atoms with Gasteiger partial charge in [0, 0.05) is 18.3 Å². The lowest BCUT2D eigenvalue weighted by Crippen LogP contribution is -2.25. The molecule has 18 heavy (non-hydrogen) atoms. The van der Waals surface area contributed by atoms with Crippen LogP contribution in [0.2, 0.25) is 0 Å². The van der Waals surface area contributed by atoms with E-state index in [4.69, 9.17) is 5.73 Å². The van der Waals surface area contributed by atoms with E-state index in [0.29, 0.717) is 12.5 Å². The van der Waals surface area contributed by atoms with Gasteiger partial charge in [-0.3, -0.25) is 4.79 Å². The smallest absolute Gasteiger partial charge is 0.253 e. The summed E-state index contributed by atoms with van der Waals surface area (Å²) in [5, 5.41) is 2.63. The Morgan fingerprint density at radius 3 is 2.56 bits per heavy atom. The number of nitrogen functional groups attached to an aromatic ring is 1. The molecule has 1 rings (SSSR count). The van der Waals surface area contributed by atoms with Gasteiger partial charge in [0.05, 0.1) is 5.56 Å². The van der Waals surface area contributed by atoms with Crippen molar-refractivity contribution < 1.29 is 13.6 Å². The fourth-order valence-corrected chi connectivity index (χ4v) is 1.57. The SMILES string of the molecule is CC(C)CCCNC(=O)c1cc(F)c(F)cc1N. The standard InChI is InChI=1S/C13H18F2N2O/c1-8(2)4-3-5-17-13(18)9-6-10(14)11(15)7-12(9)16/h6-8H,3-5,16H2,1-2H3,(H,17,18). The number of halogens is 2. The molecule has 0 spiro atoms. The Balaban J connectivity index is 2.59. The lowest BCUT2D eigenvalue weighted by atomic mass is 10.1. The van der Waals surface area contributed by atoms with Gasteiger partial charge in [0.1, 0.15) is 0 Å². The summed E-state index contributed by atoms with van der Waals surface area (Å²) in [6.07, 6.45) is 1.83. The third-order valence-electron chi connectivity index (χ3n) is 2.58. The second-order valence-corrected chi connectivity index (χ2v) is 4.65. The summed E-state index contributed by atoms with van der Waals surface area (Å²) in [4.78, 5) is 11.7. The van der Waals surface area contributed by atoms with Crippen molar-refractivity contribution in [3.8, 4) is 0 Å². The van der Waals surface area contributed by atoms with E-state index in [9.17, 15) is 13.6 Å². The van der Waals surface area contributed by atoms with E-state index >= 15 is 0 Å². The number of amides is 1. The summed E-state index contributed by atoms with van der Waals surface area (Å²) in [6, 6.07) is 1.64. The Labute approximate surface area is 105 Å². The molecule has 5 heteroatoms. The largest absolute Gasteiger partial charge is 0.398 e. The number of hydrogen-bond donors (Lipinski definition) is 2. The zero-order chi connectivity index (χ0) is 13.7. The van der Waals surface area contributed by atoms with Gasteiger partial charge in [0.2, 0.25) is 0 Å². The van der Waals surface area contributed by atoms with Gasteiger partial charge >= 0.3 is 0 Å². The molecular formula is C13H18F2N2O. The highest BCUT2D eigenvalue weighted by Gasteiger charge is 2.13. The molecule has 3 nitrogen and oxygen atoms in total. The van der Waals surface area contributed by atoms with Gasteiger partial charge in [-0.05, 0) is 24.8 Å². The van der Waals surface area contributed by atoms with Crippen molar-refractivity contribution in [2.45, 2.75) is 26.7 Å². The molecule has 3 N–H and O–H groups in total. The number of nitrogens with one attached hydrogen (secondary N) is 1. The summed E-state index contributed by atoms with van der Waals surface area (Å²) in [6.45, 7) is 4.68. The highest BCUT2D eigenvalue weighted by molar-refractivity contribution is 5.99. The van der Waals surface area contributed by atoms with Gasteiger partial charge in [-0.15, -0.1) is 0 Å². The summed E-state index contributed by atoms with van der Waals surface area (Å²) in [7, 11) is 0. The van der Waals surface area contributed by atoms with E-state index in [1.165, 1.54) is 0 Å². The van der Waals surface area contributed by atoms with Crippen molar-refractivity contribution in [3.05, 3.63) is 29.3 Å². The minimum atomic E-state index is -1.07. The molecule has 0 saturated heterocycles. The van der Waals surface area contributed by atoms with E-state index in [2.05, 4.69) is 19.2 Å². The second-order valence-electron chi connectivity index (χ2n) is 4.65. The summed E-state index contributed by atoms with van der Waals surface area (Å²) >= 11 is 0. The van der Waals surface area contributed by atoms with Gasteiger partial charge in [-0.1, -0.05) is 13.8 Å². The molecule has 0 aliphatic rings. The average molecular weight is 256 g/mol. The molecule has 0 heterocycles. The Kier molecular flexibility index (Phi) is 5.07. The van der Waals surface area contributed by atoms with Crippen LogP contribution in [0, 0.1) is 17.6 Å². The van der Waals surface area contributed by atoms with E-state index in [-0.39, 0.29) is 11.3 Å². The molecular weight excluding hydrogens is 238 g/mol. The van der Waals surface area contributed by atoms with Gasteiger partial charge in [0.25, 0.3) is 5.91 Å². The second kappa shape index (κ2) is 6.33. The minimum absolute atomic E-state index is 0.0292. The normalized spacial score (nSPS) is 10.7. The zero-order valence-corrected chi connectivity index (χ0v) is 10.6. The number of nitrogens with two attached hydrogens (primary N) is 1. The van der Waals surface area contributed by atoms with Crippen LogP contribution in [-0.4, -0.2) is 12.5 Å². The highest BCUT2D eigenvalue weighted by Crippen LogP contribution is 2.16. The molecule has 0 aromatic heterocycles. The van der Waals surface area contributed by atoms with Crippen molar-refractivity contribution in [3.63, 3.8) is 0 Å². The maximum Gasteiger partial charge on any atom is 0.253 e. The third-order valence-corrected chi connectivity index (χ3v) is 2.58. The Morgan fingerprint density at radius 2 is 1.94 bits per heavy atom. The molecule has 0 aliphatic carbocycles. The number of anilines is 1. The molecule has 0 saturated carbocycles. The van der Waals surface area contributed by atoms with Gasteiger partial charge in [-0.25, -0.2) is 8.78 Å². The van der Waals surface area contributed by atoms with Crippen LogP contribution in [0.4, 0.5) is 14.5 Å². The highest BCUT2D eigenvalue weighted by atomic mass is 19.2. The maximum atomic E-state index is 13.0. The molecule has 1 aromatic rings. The van der Waals surface area contributed by atoms with Crippen LogP contribution in [0.1, 0.15) is 37.0 Å². The number of benzene rings is 1. The minimum Gasteiger partial charge on any atom is -0.398 e. The van der Waals surface area contributed by atoms with Gasteiger partial charge in [0.15, 0.2) is 11.6 Å². The summed E-state index contributed by atoms with van der Waals surface area (Å²) in [5.41, 5.74) is 5.39.